The van der Waals surface area contributed by atoms with Gasteiger partial charge in [0.05, 0.1) is 23.5 Å². The lowest BCUT2D eigenvalue weighted by atomic mass is 10.1. The van der Waals surface area contributed by atoms with E-state index in [0.717, 1.165) is 22.2 Å². The molecule has 3 heterocycles. The zero-order chi connectivity index (χ0) is 22.7. The van der Waals surface area contributed by atoms with Gasteiger partial charge in [-0.2, -0.15) is 5.10 Å². The van der Waals surface area contributed by atoms with Gasteiger partial charge in [-0.25, -0.2) is 4.39 Å². The molecule has 4 rings (SSSR count). The predicted octanol–water partition coefficient (Wildman–Crippen LogP) is 4.00. The van der Waals surface area contributed by atoms with Crippen LogP contribution in [0.2, 0.25) is 5.02 Å². The number of H-pyrrole nitrogens is 1. The molecule has 7 nitrogen and oxygen atoms in total. The highest BCUT2D eigenvalue weighted by molar-refractivity contribution is 6.35. The van der Waals surface area contributed by atoms with E-state index in [-0.39, 0.29) is 18.3 Å². The number of aromatic amines is 1. The van der Waals surface area contributed by atoms with E-state index < -0.39 is 0 Å². The molecule has 1 aromatic carbocycles. The Morgan fingerprint density at radius 2 is 2.12 bits per heavy atom. The summed E-state index contributed by atoms with van der Waals surface area (Å²) in [6.07, 6.45) is 6.92. The second-order valence-corrected chi connectivity index (χ2v) is 7.86. The Hall–Kier alpha value is -3.65. The van der Waals surface area contributed by atoms with Gasteiger partial charge in [-0.15, -0.1) is 0 Å². The number of benzene rings is 1. The summed E-state index contributed by atoms with van der Waals surface area (Å²) in [7, 11) is 0. The van der Waals surface area contributed by atoms with E-state index in [4.69, 9.17) is 11.6 Å². The van der Waals surface area contributed by atoms with Crippen molar-refractivity contribution in [2.24, 2.45) is 0 Å². The zero-order valence-corrected chi connectivity index (χ0v) is 18.2. The average molecular weight is 453 g/mol. The monoisotopic (exact) mass is 452 g/mol. The summed E-state index contributed by atoms with van der Waals surface area (Å²) in [5.74, 6) is -0.408. The predicted molar refractivity (Wildman–Crippen MR) is 122 cm³/mol. The molecule has 32 heavy (non-hydrogen) atoms. The van der Waals surface area contributed by atoms with Crippen LogP contribution >= 0.6 is 11.6 Å². The van der Waals surface area contributed by atoms with Crippen LogP contribution in [-0.2, 0) is 24.4 Å². The smallest absolute Gasteiger partial charge is 0.217 e. The van der Waals surface area contributed by atoms with Crippen LogP contribution in [0.3, 0.4) is 0 Å². The Balaban J connectivity index is 1.41. The molecule has 164 valence electrons. The van der Waals surface area contributed by atoms with Crippen molar-refractivity contribution in [3.63, 3.8) is 0 Å². The fraction of sp³-hybridized carbons (Fsp3) is 0.174. The van der Waals surface area contributed by atoms with Gasteiger partial charge in [0.15, 0.2) is 0 Å². The van der Waals surface area contributed by atoms with Crippen molar-refractivity contribution in [1.82, 2.24) is 30.4 Å². The van der Waals surface area contributed by atoms with Crippen LogP contribution in [0.5, 0.6) is 0 Å². The molecule has 3 N–H and O–H groups in total. The first-order valence-corrected chi connectivity index (χ1v) is 10.4. The minimum Gasteiger partial charge on any atom is -0.381 e. The Bertz CT molecular complexity index is 1290. The third-order valence-electron chi connectivity index (χ3n) is 5.01. The number of fused-ring (bicyclic) bond motifs is 1. The van der Waals surface area contributed by atoms with Crippen LogP contribution in [0, 0.1) is 5.82 Å². The molecule has 0 atom stereocenters. The number of carbonyl (C=O) groups excluding carboxylic acids is 1. The lowest BCUT2D eigenvalue weighted by molar-refractivity contribution is -0.119. The van der Waals surface area contributed by atoms with Crippen molar-refractivity contribution in [1.29, 1.82) is 0 Å². The van der Waals surface area contributed by atoms with Gasteiger partial charge in [0.25, 0.3) is 0 Å². The van der Waals surface area contributed by atoms with Gasteiger partial charge in [0.1, 0.15) is 5.82 Å². The molecule has 0 saturated heterocycles. The summed E-state index contributed by atoms with van der Waals surface area (Å²) < 4.78 is 16.2. The summed E-state index contributed by atoms with van der Waals surface area (Å²) in [5.41, 5.74) is 4.36. The molecular formula is C23H22ClFN6O. The van der Waals surface area contributed by atoms with Crippen molar-refractivity contribution >= 4 is 34.1 Å². The van der Waals surface area contributed by atoms with Crippen LogP contribution in [0.1, 0.15) is 29.3 Å². The SMILES string of the molecule is C=C(NCc1cc2c(Cl)c[nH]c2cc1F)c1ccnc(Cn2cc(CNC(C)=O)cn2)c1. The number of hydrogen-bond acceptors (Lipinski definition) is 4. The van der Waals surface area contributed by atoms with Crippen LogP contribution in [0.4, 0.5) is 4.39 Å². The number of hydrogen-bond donors (Lipinski definition) is 3. The summed E-state index contributed by atoms with van der Waals surface area (Å²) in [6, 6.07) is 6.92. The van der Waals surface area contributed by atoms with Crippen LogP contribution in [0.25, 0.3) is 16.6 Å². The van der Waals surface area contributed by atoms with Crippen molar-refractivity contribution in [3.8, 4) is 0 Å². The lowest BCUT2D eigenvalue weighted by Gasteiger charge is -2.12. The van der Waals surface area contributed by atoms with Gasteiger partial charge in [-0.3, -0.25) is 14.5 Å². The number of aromatic nitrogens is 4. The molecule has 0 fully saturated rings. The molecule has 0 aliphatic heterocycles. The molecule has 0 radical (unpaired) electrons. The maximum Gasteiger partial charge on any atom is 0.217 e. The van der Waals surface area contributed by atoms with Gasteiger partial charge < -0.3 is 15.6 Å². The largest absolute Gasteiger partial charge is 0.381 e. The van der Waals surface area contributed by atoms with Crippen molar-refractivity contribution in [2.45, 2.75) is 26.6 Å². The van der Waals surface area contributed by atoms with Gasteiger partial charge >= 0.3 is 0 Å². The fourth-order valence-corrected chi connectivity index (χ4v) is 3.53. The minimum atomic E-state index is -0.319. The third-order valence-corrected chi connectivity index (χ3v) is 5.32. The summed E-state index contributed by atoms with van der Waals surface area (Å²) in [5, 5.41) is 11.6. The molecule has 1 amide bonds. The van der Waals surface area contributed by atoms with E-state index in [1.165, 1.54) is 13.0 Å². The van der Waals surface area contributed by atoms with Crippen molar-refractivity contribution in [2.75, 3.05) is 0 Å². The number of carbonyl (C=O) groups is 1. The zero-order valence-electron chi connectivity index (χ0n) is 17.5. The normalized spacial score (nSPS) is 11.0. The van der Waals surface area contributed by atoms with Crippen molar-refractivity contribution < 1.29 is 9.18 Å². The number of amides is 1. The van der Waals surface area contributed by atoms with Crippen LogP contribution in [0.15, 0.2) is 55.6 Å². The van der Waals surface area contributed by atoms with Gasteiger partial charge in [0.2, 0.25) is 5.91 Å². The van der Waals surface area contributed by atoms with Crippen LogP contribution < -0.4 is 10.6 Å². The lowest BCUT2D eigenvalue weighted by Crippen LogP contribution is -2.18. The average Bonchev–Trinajstić information content (AvgIpc) is 3.36. The van der Waals surface area contributed by atoms with E-state index in [0.29, 0.717) is 34.9 Å². The van der Waals surface area contributed by atoms with Crippen LogP contribution in [-0.4, -0.2) is 25.7 Å². The number of rotatable bonds is 8. The first-order valence-electron chi connectivity index (χ1n) is 9.98. The fourth-order valence-electron chi connectivity index (χ4n) is 3.32. The third kappa shape index (κ3) is 4.97. The number of halogens is 2. The summed E-state index contributed by atoms with van der Waals surface area (Å²) in [4.78, 5) is 18.4. The van der Waals surface area contributed by atoms with E-state index in [2.05, 4.69) is 32.3 Å². The quantitative estimate of drug-likeness (QED) is 0.377. The molecular weight excluding hydrogens is 431 g/mol. The van der Waals surface area contributed by atoms with E-state index in [1.807, 2.05) is 18.3 Å². The molecule has 0 spiro atoms. The van der Waals surface area contributed by atoms with E-state index >= 15 is 0 Å². The van der Waals surface area contributed by atoms with Crippen molar-refractivity contribution in [3.05, 3.63) is 88.9 Å². The van der Waals surface area contributed by atoms with Gasteiger partial charge in [0, 0.05) is 71.9 Å². The maximum absolute atomic E-state index is 14.4. The molecule has 0 aliphatic rings. The molecule has 0 saturated carbocycles. The highest BCUT2D eigenvalue weighted by Gasteiger charge is 2.10. The second-order valence-electron chi connectivity index (χ2n) is 7.45. The second kappa shape index (κ2) is 9.23. The Kier molecular flexibility index (Phi) is 6.23. The summed E-state index contributed by atoms with van der Waals surface area (Å²) in [6.45, 7) is 6.72. The molecule has 9 heteroatoms. The van der Waals surface area contributed by atoms with Gasteiger partial charge in [-0.1, -0.05) is 18.2 Å². The van der Waals surface area contributed by atoms with E-state index in [9.17, 15) is 9.18 Å². The topological polar surface area (TPSA) is 87.6 Å². The maximum atomic E-state index is 14.4. The summed E-state index contributed by atoms with van der Waals surface area (Å²) >= 11 is 6.15. The molecule has 0 unspecified atom stereocenters. The van der Waals surface area contributed by atoms with E-state index in [1.54, 1.807) is 29.3 Å². The molecule has 0 aliphatic carbocycles. The highest BCUT2D eigenvalue weighted by Crippen LogP contribution is 2.26. The standard InChI is InChI=1S/C23H22ClFN6O/c1-14(27-10-18-6-20-21(24)11-29-23(20)7-22(18)25)17-3-4-26-19(5-17)13-31-12-16(9-30-31)8-28-15(2)32/h3-7,9,11-12,27,29H,1,8,10,13H2,2H3,(H,28,32). The number of nitrogens with zero attached hydrogens (tertiary/aromatic N) is 3. The Morgan fingerprint density at radius 3 is 2.94 bits per heavy atom. The Labute approximate surface area is 189 Å². The minimum absolute atomic E-state index is 0.0888. The Morgan fingerprint density at radius 1 is 1.28 bits per heavy atom. The molecule has 3 aromatic heterocycles. The molecule has 0 bridgehead atoms. The first-order chi connectivity index (χ1) is 15.4. The first kappa shape index (κ1) is 21.6. The highest BCUT2D eigenvalue weighted by atomic mass is 35.5. The van der Waals surface area contributed by atoms with Gasteiger partial charge in [-0.05, 0) is 24.3 Å². The number of nitrogens with one attached hydrogen (secondary N) is 3. The number of pyridine rings is 1. The molecule has 4 aromatic rings.